The highest BCUT2D eigenvalue weighted by Gasteiger charge is 2.40. The lowest BCUT2D eigenvalue weighted by Crippen LogP contribution is -2.53. The molecule has 1 saturated heterocycles. The molecule has 8 heteroatoms. The average molecular weight is 430 g/mol. The lowest BCUT2D eigenvalue weighted by atomic mass is 10.1. The van der Waals surface area contributed by atoms with Crippen molar-refractivity contribution >= 4 is 11.6 Å². The van der Waals surface area contributed by atoms with Gasteiger partial charge in [-0.3, -0.25) is 14.8 Å². The van der Waals surface area contributed by atoms with E-state index in [1.807, 2.05) is 36.1 Å². The molecule has 3 rings (SSSR count). The van der Waals surface area contributed by atoms with Crippen LogP contribution >= 0.6 is 0 Å². The minimum atomic E-state index is -0.450. The van der Waals surface area contributed by atoms with Gasteiger partial charge in [0, 0.05) is 51.3 Å². The van der Waals surface area contributed by atoms with Crippen LogP contribution in [0.1, 0.15) is 38.3 Å². The molecule has 2 aliphatic rings. The molecule has 0 spiro atoms. The van der Waals surface area contributed by atoms with Gasteiger partial charge in [-0.2, -0.15) is 0 Å². The first-order valence-electron chi connectivity index (χ1n) is 11.2. The smallest absolute Gasteiger partial charge is 0.253 e. The molecule has 0 aromatic carbocycles. The van der Waals surface area contributed by atoms with Crippen molar-refractivity contribution in [1.82, 2.24) is 15.2 Å². The Hall–Kier alpha value is -2.29. The molecular formula is C23H35N5O3. The van der Waals surface area contributed by atoms with Crippen LogP contribution in [0.15, 0.2) is 41.2 Å². The van der Waals surface area contributed by atoms with E-state index in [2.05, 4.69) is 10.3 Å². The Bertz CT molecular complexity index is 758. The molecule has 1 aromatic rings. The van der Waals surface area contributed by atoms with Gasteiger partial charge in [-0.05, 0) is 50.8 Å². The second kappa shape index (κ2) is 11.9. The number of carbonyl (C=O) groups excluding carboxylic acids is 1. The molecule has 1 saturated carbocycles. The number of nitrogens with zero attached hydrogens (tertiary/aromatic N) is 3. The highest BCUT2D eigenvalue weighted by molar-refractivity contribution is 6.07. The number of carbonyl (C=O) groups is 1. The summed E-state index contributed by atoms with van der Waals surface area (Å²) < 4.78 is 10.8. The van der Waals surface area contributed by atoms with E-state index in [9.17, 15) is 4.79 Å². The quantitative estimate of drug-likeness (QED) is 0.408. The zero-order valence-corrected chi connectivity index (χ0v) is 18.6. The van der Waals surface area contributed by atoms with Crippen LogP contribution in [0.5, 0.6) is 0 Å². The van der Waals surface area contributed by atoms with Crippen LogP contribution in [0, 0.1) is 0 Å². The number of aromatic nitrogens is 1. The predicted octanol–water partition coefficient (Wildman–Crippen LogP) is 1.51. The van der Waals surface area contributed by atoms with Gasteiger partial charge < -0.3 is 25.4 Å². The molecule has 0 radical (unpaired) electrons. The molecule has 0 bridgehead atoms. The van der Waals surface area contributed by atoms with Crippen molar-refractivity contribution in [3.05, 3.63) is 41.9 Å². The largest absolute Gasteiger partial charge is 0.400 e. The van der Waals surface area contributed by atoms with E-state index in [0.29, 0.717) is 25.4 Å². The van der Waals surface area contributed by atoms with Gasteiger partial charge in [0.05, 0.1) is 24.1 Å². The molecule has 2 fully saturated rings. The maximum absolute atomic E-state index is 13.2. The molecule has 0 unspecified atom stereocenters. The molecule has 170 valence electrons. The number of methoxy groups -OCH3 is 1. The number of rotatable bonds is 11. The second-order valence-electron chi connectivity index (χ2n) is 8.04. The number of morpholine rings is 1. The monoisotopic (exact) mass is 429 g/mol. The maximum Gasteiger partial charge on any atom is 0.253 e. The van der Waals surface area contributed by atoms with Crippen molar-refractivity contribution in [1.29, 1.82) is 0 Å². The highest BCUT2D eigenvalue weighted by atomic mass is 16.5. The summed E-state index contributed by atoms with van der Waals surface area (Å²) in [6.45, 7) is 5.24. The van der Waals surface area contributed by atoms with Gasteiger partial charge in [0.1, 0.15) is 6.10 Å². The van der Waals surface area contributed by atoms with Crippen LogP contribution in [0.2, 0.25) is 0 Å². The van der Waals surface area contributed by atoms with Crippen LogP contribution in [0.25, 0.3) is 0 Å². The molecular weight excluding hydrogens is 394 g/mol. The number of ether oxygens (including phenoxy) is 2. The first kappa shape index (κ1) is 23.4. The van der Waals surface area contributed by atoms with Crippen LogP contribution in [-0.2, 0) is 14.3 Å². The van der Waals surface area contributed by atoms with E-state index in [1.165, 1.54) is 0 Å². The van der Waals surface area contributed by atoms with Crippen LogP contribution in [0.3, 0.4) is 0 Å². The molecule has 1 aliphatic carbocycles. The fourth-order valence-corrected chi connectivity index (χ4v) is 3.64. The number of nitrogens with one attached hydrogen (secondary N) is 1. The van der Waals surface area contributed by atoms with Gasteiger partial charge in [0.25, 0.3) is 5.91 Å². The fourth-order valence-electron chi connectivity index (χ4n) is 3.64. The Labute approximate surface area is 184 Å². The van der Waals surface area contributed by atoms with Gasteiger partial charge >= 0.3 is 0 Å². The highest BCUT2D eigenvalue weighted by Crippen LogP contribution is 2.31. The normalized spacial score (nSPS) is 21.0. The summed E-state index contributed by atoms with van der Waals surface area (Å²) in [5.74, 6) is 0.00874. The van der Waals surface area contributed by atoms with E-state index in [0.717, 1.165) is 50.2 Å². The fraction of sp³-hybridized carbons (Fsp3) is 0.609. The van der Waals surface area contributed by atoms with Crippen molar-refractivity contribution in [2.45, 2.75) is 50.8 Å². The van der Waals surface area contributed by atoms with Crippen LogP contribution in [-0.4, -0.2) is 79.6 Å². The molecule has 3 N–H and O–H groups in total. The molecule has 1 aromatic heterocycles. The summed E-state index contributed by atoms with van der Waals surface area (Å²) >= 11 is 0. The number of aliphatic imine (C=N–C) groups is 1. The molecule has 1 aliphatic heterocycles. The van der Waals surface area contributed by atoms with E-state index < -0.39 is 6.10 Å². The third kappa shape index (κ3) is 6.85. The Balaban J connectivity index is 1.76. The number of hydrogen-bond donors (Lipinski definition) is 2. The topological polar surface area (TPSA) is 102 Å². The minimum absolute atomic E-state index is 0.00874. The summed E-state index contributed by atoms with van der Waals surface area (Å²) in [5.41, 5.74) is 8.63. The number of allylic oxidation sites excluding steroid dienone is 1. The molecule has 2 heterocycles. The van der Waals surface area contributed by atoms with Gasteiger partial charge in [-0.1, -0.05) is 6.07 Å². The van der Waals surface area contributed by atoms with Crippen molar-refractivity contribution in [3.8, 4) is 0 Å². The summed E-state index contributed by atoms with van der Waals surface area (Å²) in [6, 6.07) is 5.72. The van der Waals surface area contributed by atoms with Crippen molar-refractivity contribution in [2.75, 3.05) is 40.0 Å². The zero-order chi connectivity index (χ0) is 22.1. The Morgan fingerprint density at radius 3 is 2.94 bits per heavy atom. The van der Waals surface area contributed by atoms with Gasteiger partial charge in [0.15, 0.2) is 0 Å². The van der Waals surface area contributed by atoms with Crippen LogP contribution < -0.4 is 11.1 Å². The third-order valence-electron chi connectivity index (χ3n) is 5.57. The van der Waals surface area contributed by atoms with Crippen molar-refractivity contribution in [2.24, 2.45) is 10.7 Å². The number of pyridine rings is 1. The molecule has 8 nitrogen and oxygen atoms in total. The molecule has 2 atom stereocenters. The standard InChI is InChI=1S/C23H35N5O3/c1-17(28(18-8-9-18)23(29)22-16-25-12-14-31-22)19(24)15-21(20-7-3-4-10-26-20)27-11-5-6-13-30-2/h3-4,7,10,15,17-18,22,25H,5-6,8-9,11-14,16,24H2,1-2H3/t17-,22-/m1/s1. The first-order valence-corrected chi connectivity index (χ1v) is 11.2. The lowest BCUT2D eigenvalue weighted by Gasteiger charge is -2.34. The third-order valence-corrected chi connectivity index (χ3v) is 5.57. The van der Waals surface area contributed by atoms with Gasteiger partial charge in [-0.15, -0.1) is 0 Å². The van der Waals surface area contributed by atoms with Crippen molar-refractivity contribution < 1.29 is 14.3 Å². The summed E-state index contributed by atoms with van der Waals surface area (Å²) in [5, 5.41) is 3.23. The maximum atomic E-state index is 13.2. The summed E-state index contributed by atoms with van der Waals surface area (Å²) in [4.78, 5) is 24.3. The average Bonchev–Trinajstić information content (AvgIpc) is 3.64. The lowest BCUT2D eigenvalue weighted by molar-refractivity contribution is -0.147. The molecule has 1 amide bonds. The minimum Gasteiger partial charge on any atom is -0.400 e. The predicted molar refractivity (Wildman–Crippen MR) is 121 cm³/mol. The zero-order valence-electron chi connectivity index (χ0n) is 18.6. The number of hydrogen-bond acceptors (Lipinski definition) is 7. The van der Waals surface area contributed by atoms with Gasteiger partial charge in [-0.25, -0.2) is 0 Å². The van der Waals surface area contributed by atoms with Crippen LogP contribution in [0.4, 0.5) is 0 Å². The number of nitrogens with two attached hydrogens (primary N) is 1. The molecule has 31 heavy (non-hydrogen) atoms. The number of unbranched alkanes of at least 4 members (excludes halogenated alkanes) is 1. The Morgan fingerprint density at radius 1 is 1.45 bits per heavy atom. The van der Waals surface area contributed by atoms with E-state index in [1.54, 1.807) is 13.3 Å². The number of amides is 1. The van der Waals surface area contributed by atoms with E-state index in [-0.39, 0.29) is 18.0 Å². The summed E-state index contributed by atoms with van der Waals surface area (Å²) in [7, 11) is 1.70. The van der Waals surface area contributed by atoms with E-state index >= 15 is 0 Å². The summed E-state index contributed by atoms with van der Waals surface area (Å²) in [6.07, 6.45) is 7.04. The Kier molecular flexibility index (Phi) is 8.99. The van der Waals surface area contributed by atoms with E-state index in [4.69, 9.17) is 20.2 Å². The van der Waals surface area contributed by atoms with Gasteiger partial charge in [0.2, 0.25) is 0 Å². The Morgan fingerprint density at radius 2 is 2.29 bits per heavy atom. The second-order valence-corrected chi connectivity index (χ2v) is 8.04. The van der Waals surface area contributed by atoms with Crippen molar-refractivity contribution in [3.63, 3.8) is 0 Å². The SMILES string of the molecule is COCCCCN=C(C=C(N)[C@@H](C)N(C(=O)[C@H]1CNCCO1)C1CC1)c1ccccn1. The first-order chi connectivity index (χ1) is 15.1.